The summed E-state index contributed by atoms with van der Waals surface area (Å²) < 4.78 is 13.2. The van der Waals surface area contributed by atoms with Crippen molar-refractivity contribution in [2.45, 2.75) is 46.1 Å². The second kappa shape index (κ2) is 7.45. The lowest BCUT2D eigenvalue weighted by atomic mass is 9.83. The maximum Gasteiger partial charge on any atom is 0.340 e. The maximum atomic E-state index is 13.4. The fourth-order valence-corrected chi connectivity index (χ4v) is 5.89. The van der Waals surface area contributed by atoms with Crippen molar-refractivity contribution in [3.8, 4) is 0 Å². The summed E-state index contributed by atoms with van der Waals surface area (Å²) in [5.74, 6) is 0.303. The summed E-state index contributed by atoms with van der Waals surface area (Å²) in [5.41, 5.74) is 4.76. The first-order valence-corrected chi connectivity index (χ1v) is 11.7. The maximum absolute atomic E-state index is 13.4. The molecule has 2 aliphatic heterocycles. The van der Waals surface area contributed by atoms with Crippen LogP contribution in [0.5, 0.6) is 0 Å². The van der Waals surface area contributed by atoms with Gasteiger partial charge in [0.25, 0.3) is 5.56 Å². The molecule has 0 unspecified atom stereocenters. The number of likely N-dealkylation sites (tertiary alicyclic amines) is 1. The summed E-state index contributed by atoms with van der Waals surface area (Å²) in [5, 5.41) is 1.82. The molecule has 6 rings (SSSR count). The molecule has 2 atom stereocenters. The number of hydrogen-bond acceptors (Lipinski definition) is 5. The number of furan rings is 1. The van der Waals surface area contributed by atoms with Gasteiger partial charge in [-0.25, -0.2) is 4.79 Å². The monoisotopic (exact) mass is 458 g/mol. The average molecular weight is 459 g/mol. The van der Waals surface area contributed by atoms with Crippen LogP contribution in [0, 0.1) is 26.7 Å². The van der Waals surface area contributed by atoms with Gasteiger partial charge in [0.1, 0.15) is 11.2 Å². The Morgan fingerprint density at radius 2 is 1.85 bits per heavy atom. The van der Waals surface area contributed by atoms with Crippen LogP contribution in [0.3, 0.4) is 0 Å². The van der Waals surface area contributed by atoms with Gasteiger partial charge in [-0.2, -0.15) is 0 Å². The number of hydrogen-bond donors (Lipinski definition) is 0. The van der Waals surface area contributed by atoms with Crippen molar-refractivity contribution in [3.05, 3.63) is 79.3 Å². The third-order valence-electron chi connectivity index (χ3n) is 7.70. The molecule has 0 radical (unpaired) electrons. The van der Waals surface area contributed by atoms with Gasteiger partial charge in [0, 0.05) is 53.6 Å². The molecule has 2 bridgehead atoms. The molecular formula is C27H26N2O5. The number of fused-ring (bicyclic) bond motifs is 6. The second-order valence-electron chi connectivity index (χ2n) is 9.84. The van der Waals surface area contributed by atoms with Crippen LogP contribution in [0.2, 0.25) is 0 Å². The van der Waals surface area contributed by atoms with Gasteiger partial charge in [-0.1, -0.05) is 6.07 Å². The van der Waals surface area contributed by atoms with Crippen molar-refractivity contribution in [2.75, 3.05) is 13.1 Å². The molecule has 1 saturated heterocycles. The van der Waals surface area contributed by atoms with Gasteiger partial charge in [0.05, 0.1) is 18.2 Å². The molecule has 174 valence electrons. The van der Waals surface area contributed by atoms with E-state index in [9.17, 15) is 14.4 Å². The normalized spacial score (nSPS) is 19.6. The number of aromatic nitrogens is 1. The minimum atomic E-state index is -0.474. The number of aryl methyl sites for hydroxylation is 3. The molecule has 1 amide bonds. The van der Waals surface area contributed by atoms with E-state index in [1.807, 2.05) is 42.4 Å². The van der Waals surface area contributed by atoms with Crippen LogP contribution in [0.25, 0.3) is 21.9 Å². The Labute approximate surface area is 195 Å². The molecular weight excluding hydrogens is 432 g/mol. The van der Waals surface area contributed by atoms with Gasteiger partial charge in [-0.15, -0.1) is 0 Å². The van der Waals surface area contributed by atoms with E-state index in [2.05, 4.69) is 0 Å². The fraction of sp³-hybridized carbons (Fsp3) is 0.370. The number of benzene rings is 1. The lowest BCUT2D eigenvalue weighted by Crippen LogP contribution is -2.49. The molecule has 34 heavy (non-hydrogen) atoms. The first-order chi connectivity index (χ1) is 16.3. The molecule has 4 aromatic rings. The summed E-state index contributed by atoms with van der Waals surface area (Å²) in [6.45, 7) is 7.54. The van der Waals surface area contributed by atoms with Gasteiger partial charge in [-0.05, 0) is 56.4 Å². The summed E-state index contributed by atoms with van der Waals surface area (Å²) in [6, 6.07) is 7.36. The van der Waals surface area contributed by atoms with E-state index in [0.29, 0.717) is 30.8 Å². The Morgan fingerprint density at radius 3 is 2.68 bits per heavy atom. The van der Waals surface area contributed by atoms with Gasteiger partial charge in [0.15, 0.2) is 0 Å². The van der Waals surface area contributed by atoms with Gasteiger partial charge in [0.2, 0.25) is 5.91 Å². The Hall–Kier alpha value is -3.61. The highest BCUT2D eigenvalue weighted by Gasteiger charge is 2.36. The summed E-state index contributed by atoms with van der Waals surface area (Å²) >= 11 is 0. The highest BCUT2D eigenvalue weighted by molar-refractivity contribution is 6.00. The third kappa shape index (κ3) is 3.06. The topological polar surface area (TPSA) is 85.7 Å². The summed E-state index contributed by atoms with van der Waals surface area (Å²) in [6.07, 6.45) is 2.68. The number of carbonyl (C=O) groups excluding carboxylic acids is 1. The standard InChI is InChI=1S/C27H26N2O5/c1-14-13-33-25-16(3)26-20(8-19(14)25)15(2)21(27(32)34-26)9-24(31)28-10-17-7-18(12-28)22-5-4-6-23(30)29(22)11-17/h4-6,8,13,17-18H,7,9-12H2,1-3H3/t17-,18+/m0/s1. The first-order valence-electron chi connectivity index (χ1n) is 11.7. The zero-order valence-corrected chi connectivity index (χ0v) is 19.5. The average Bonchev–Trinajstić information content (AvgIpc) is 3.19. The molecule has 5 heterocycles. The van der Waals surface area contributed by atoms with Crippen LogP contribution >= 0.6 is 0 Å². The predicted octanol–water partition coefficient (Wildman–Crippen LogP) is 3.81. The van der Waals surface area contributed by atoms with Crippen LogP contribution in [0.15, 0.2) is 49.0 Å². The quantitative estimate of drug-likeness (QED) is 0.427. The number of rotatable bonds is 2. The van der Waals surface area contributed by atoms with Crippen molar-refractivity contribution in [1.82, 2.24) is 9.47 Å². The van der Waals surface area contributed by atoms with Crippen molar-refractivity contribution >= 4 is 27.8 Å². The Bertz CT molecular complexity index is 1610. The van der Waals surface area contributed by atoms with Crippen LogP contribution in [0.4, 0.5) is 0 Å². The largest absolute Gasteiger partial charge is 0.464 e. The van der Waals surface area contributed by atoms with E-state index < -0.39 is 5.63 Å². The molecule has 1 fully saturated rings. The Morgan fingerprint density at radius 1 is 1.03 bits per heavy atom. The van der Waals surface area contributed by atoms with E-state index in [1.54, 1.807) is 18.4 Å². The van der Waals surface area contributed by atoms with Gasteiger partial charge >= 0.3 is 5.63 Å². The molecule has 0 N–H and O–H groups in total. The number of amides is 1. The van der Waals surface area contributed by atoms with Crippen molar-refractivity contribution < 1.29 is 13.6 Å². The number of pyridine rings is 1. The molecule has 0 spiro atoms. The highest BCUT2D eigenvalue weighted by Crippen LogP contribution is 2.36. The zero-order chi connectivity index (χ0) is 23.7. The minimum Gasteiger partial charge on any atom is -0.464 e. The van der Waals surface area contributed by atoms with E-state index in [1.165, 1.54) is 0 Å². The molecule has 3 aromatic heterocycles. The van der Waals surface area contributed by atoms with Gasteiger partial charge < -0.3 is 18.3 Å². The fourth-order valence-electron chi connectivity index (χ4n) is 5.89. The van der Waals surface area contributed by atoms with Crippen molar-refractivity contribution in [1.29, 1.82) is 0 Å². The smallest absolute Gasteiger partial charge is 0.340 e. The minimum absolute atomic E-state index is 0.00654. The summed E-state index contributed by atoms with van der Waals surface area (Å²) in [7, 11) is 0. The lowest BCUT2D eigenvalue weighted by molar-refractivity contribution is -0.133. The Kier molecular flexibility index (Phi) is 4.59. The van der Waals surface area contributed by atoms with E-state index in [4.69, 9.17) is 8.83 Å². The SMILES string of the molecule is Cc1coc2c(C)c3oc(=O)c(CC(=O)N4C[C@@H]5C[C@H](C4)c4cccc(=O)n4C5)c(C)c3cc12. The Balaban J connectivity index is 1.34. The molecule has 7 heteroatoms. The first kappa shape index (κ1) is 21.0. The van der Waals surface area contributed by atoms with E-state index in [-0.39, 0.29) is 29.7 Å². The molecule has 7 nitrogen and oxygen atoms in total. The van der Waals surface area contributed by atoms with E-state index >= 15 is 0 Å². The molecule has 0 saturated carbocycles. The van der Waals surface area contributed by atoms with Crippen molar-refractivity contribution in [3.63, 3.8) is 0 Å². The molecule has 0 aliphatic carbocycles. The van der Waals surface area contributed by atoms with E-state index in [0.717, 1.165) is 45.2 Å². The zero-order valence-electron chi connectivity index (χ0n) is 19.5. The van der Waals surface area contributed by atoms with Crippen LogP contribution in [-0.4, -0.2) is 28.5 Å². The lowest BCUT2D eigenvalue weighted by Gasteiger charge is -2.42. The number of piperidine rings is 1. The van der Waals surface area contributed by atoms with Crippen LogP contribution in [-0.2, 0) is 17.8 Å². The predicted molar refractivity (Wildman–Crippen MR) is 128 cm³/mol. The number of carbonyl (C=O) groups is 1. The summed E-state index contributed by atoms with van der Waals surface area (Å²) in [4.78, 5) is 40.5. The van der Waals surface area contributed by atoms with Crippen LogP contribution < -0.4 is 11.2 Å². The van der Waals surface area contributed by atoms with Crippen molar-refractivity contribution in [2.24, 2.45) is 5.92 Å². The molecule has 1 aromatic carbocycles. The third-order valence-corrected chi connectivity index (χ3v) is 7.70. The second-order valence-corrected chi connectivity index (χ2v) is 9.84. The number of nitrogens with zero attached hydrogens (tertiary/aromatic N) is 2. The molecule has 2 aliphatic rings. The highest BCUT2D eigenvalue weighted by atomic mass is 16.4. The van der Waals surface area contributed by atoms with Gasteiger partial charge in [-0.3, -0.25) is 9.59 Å². The van der Waals surface area contributed by atoms with Crippen LogP contribution in [0.1, 0.15) is 40.3 Å².